The molecule has 1 aromatic carbocycles. The van der Waals surface area contributed by atoms with E-state index in [1.807, 2.05) is 12.2 Å². The molecule has 0 saturated heterocycles. The smallest absolute Gasteiger partial charge is 0.319 e. The summed E-state index contributed by atoms with van der Waals surface area (Å²) in [5.41, 5.74) is 0.410. The lowest BCUT2D eigenvalue weighted by Crippen LogP contribution is -2.36. The minimum Gasteiger partial charge on any atom is -0.396 e. The van der Waals surface area contributed by atoms with E-state index in [1.165, 1.54) is 18.2 Å². The first kappa shape index (κ1) is 12.6. The van der Waals surface area contributed by atoms with E-state index in [9.17, 15) is 9.18 Å². The fourth-order valence-electron chi connectivity index (χ4n) is 1.92. The lowest BCUT2D eigenvalue weighted by Gasteiger charge is -2.13. The van der Waals surface area contributed by atoms with Gasteiger partial charge >= 0.3 is 6.03 Å². The maximum atomic E-state index is 12.9. The van der Waals surface area contributed by atoms with Gasteiger partial charge in [0.15, 0.2) is 0 Å². The highest BCUT2D eigenvalue weighted by Crippen LogP contribution is 2.17. The van der Waals surface area contributed by atoms with Crippen molar-refractivity contribution in [3.05, 3.63) is 42.2 Å². The summed E-state index contributed by atoms with van der Waals surface area (Å²) in [5.74, 6) is -0.293. The minimum absolute atomic E-state index is 0.0835. The summed E-state index contributed by atoms with van der Waals surface area (Å²) >= 11 is 0. The Labute approximate surface area is 105 Å². The fraction of sp³-hybridized carbons (Fsp3) is 0.308. The molecule has 1 aliphatic carbocycles. The molecule has 2 atom stereocenters. The van der Waals surface area contributed by atoms with Crippen LogP contribution >= 0.6 is 0 Å². The molecule has 2 rings (SSSR count). The van der Waals surface area contributed by atoms with Gasteiger partial charge in [-0.3, -0.25) is 0 Å². The summed E-state index contributed by atoms with van der Waals surface area (Å²) in [6.45, 7) is 0.0835. The third kappa shape index (κ3) is 3.30. The number of halogens is 1. The average Bonchev–Trinajstić information content (AvgIpc) is 2.76. The number of urea groups is 1. The van der Waals surface area contributed by atoms with Gasteiger partial charge in [-0.2, -0.15) is 0 Å². The molecule has 0 aliphatic heterocycles. The van der Waals surface area contributed by atoms with Gasteiger partial charge < -0.3 is 15.7 Å². The van der Waals surface area contributed by atoms with E-state index in [0.717, 1.165) is 0 Å². The predicted molar refractivity (Wildman–Crippen MR) is 66.7 cm³/mol. The normalized spacial score (nSPS) is 21.9. The number of amides is 2. The number of benzene rings is 1. The third-order valence-electron chi connectivity index (χ3n) is 2.81. The van der Waals surface area contributed by atoms with Crippen LogP contribution in [0.2, 0.25) is 0 Å². The highest BCUT2D eigenvalue weighted by atomic mass is 19.1. The Bertz CT molecular complexity index is 462. The molecule has 2 amide bonds. The number of aliphatic hydroxyl groups is 1. The van der Waals surface area contributed by atoms with Gasteiger partial charge in [-0.05, 0) is 24.6 Å². The molecular formula is C13H15FN2O2. The molecule has 0 bridgehead atoms. The number of carbonyl (C=O) groups is 1. The van der Waals surface area contributed by atoms with E-state index in [1.54, 1.807) is 6.07 Å². The van der Waals surface area contributed by atoms with Crippen LogP contribution in [-0.2, 0) is 0 Å². The summed E-state index contributed by atoms with van der Waals surface area (Å²) in [6.07, 6.45) is 4.42. The van der Waals surface area contributed by atoms with E-state index in [2.05, 4.69) is 10.6 Å². The zero-order chi connectivity index (χ0) is 13.0. The van der Waals surface area contributed by atoms with Gasteiger partial charge in [0.25, 0.3) is 0 Å². The summed E-state index contributed by atoms with van der Waals surface area (Å²) < 4.78 is 12.9. The van der Waals surface area contributed by atoms with Crippen molar-refractivity contribution in [3.8, 4) is 0 Å². The van der Waals surface area contributed by atoms with E-state index < -0.39 is 5.82 Å². The molecular weight excluding hydrogens is 235 g/mol. The van der Waals surface area contributed by atoms with Crippen molar-refractivity contribution >= 4 is 11.7 Å². The number of carbonyl (C=O) groups excluding carboxylic acids is 1. The maximum Gasteiger partial charge on any atom is 0.319 e. The van der Waals surface area contributed by atoms with Crippen molar-refractivity contribution in [2.75, 3.05) is 11.9 Å². The third-order valence-corrected chi connectivity index (χ3v) is 2.81. The van der Waals surface area contributed by atoms with Crippen LogP contribution < -0.4 is 10.6 Å². The molecule has 18 heavy (non-hydrogen) atoms. The van der Waals surface area contributed by atoms with Gasteiger partial charge in [0.2, 0.25) is 0 Å². The number of nitrogens with one attached hydrogen (secondary N) is 2. The van der Waals surface area contributed by atoms with Crippen LogP contribution in [0.5, 0.6) is 0 Å². The van der Waals surface area contributed by atoms with Crippen molar-refractivity contribution in [3.63, 3.8) is 0 Å². The van der Waals surface area contributed by atoms with Crippen LogP contribution in [0.1, 0.15) is 6.42 Å². The molecule has 1 aromatic rings. The van der Waals surface area contributed by atoms with Crippen LogP contribution in [0.3, 0.4) is 0 Å². The molecule has 0 fully saturated rings. The summed E-state index contributed by atoms with van der Waals surface area (Å²) in [6, 6.07) is 5.24. The molecule has 4 nitrogen and oxygen atoms in total. The number of anilines is 1. The van der Waals surface area contributed by atoms with Crippen molar-refractivity contribution < 1.29 is 14.3 Å². The van der Waals surface area contributed by atoms with Crippen LogP contribution in [0, 0.1) is 11.7 Å². The summed E-state index contributed by atoms with van der Waals surface area (Å²) in [7, 11) is 0. The summed E-state index contributed by atoms with van der Waals surface area (Å²) in [4.78, 5) is 11.6. The second kappa shape index (κ2) is 5.64. The SMILES string of the molecule is O=C(Nc1cccc(F)c1)N[C@@H]1C=C[C@H](CO)C1. The monoisotopic (exact) mass is 250 g/mol. The standard InChI is InChI=1S/C13H15FN2O2/c14-10-2-1-3-11(7-10)15-13(18)16-12-5-4-9(6-12)8-17/h1-5,7,9,12,17H,6,8H2,(H2,15,16,18)/t9-,12+/m0/s1. The molecule has 0 radical (unpaired) electrons. The Balaban J connectivity index is 1.84. The van der Waals surface area contributed by atoms with Crippen molar-refractivity contribution in [2.45, 2.75) is 12.5 Å². The van der Waals surface area contributed by atoms with Gasteiger partial charge in [-0.15, -0.1) is 0 Å². The van der Waals surface area contributed by atoms with Gasteiger partial charge in [0.1, 0.15) is 5.82 Å². The Kier molecular flexibility index (Phi) is 3.94. The van der Waals surface area contributed by atoms with Gasteiger partial charge in [0.05, 0.1) is 0 Å². The highest BCUT2D eigenvalue weighted by molar-refractivity contribution is 5.89. The number of aliphatic hydroxyl groups excluding tert-OH is 1. The molecule has 3 N–H and O–H groups in total. The number of hydrogen-bond acceptors (Lipinski definition) is 2. The molecule has 0 saturated carbocycles. The topological polar surface area (TPSA) is 61.4 Å². The number of hydrogen-bond donors (Lipinski definition) is 3. The molecule has 0 unspecified atom stereocenters. The van der Waals surface area contributed by atoms with Crippen LogP contribution in [-0.4, -0.2) is 23.8 Å². The molecule has 5 heteroatoms. The Morgan fingerprint density at radius 2 is 2.28 bits per heavy atom. The zero-order valence-corrected chi connectivity index (χ0v) is 9.77. The number of rotatable bonds is 3. The van der Waals surface area contributed by atoms with E-state index in [-0.39, 0.29) is 24.6 Å². The lowest BCUT2D eigenvalue weighted by atomic mass is 10.1. The minimum atomic E-state index is -0.395. The molecule has 96 valence electrons. The maximum absolute atomic E-state index is 12.9. The van der Waals surface area contributed by atoms with Crippen LogP contribution in [0.15, 0.2) is 36.4 Å². The second-order valence-electron chi connectivity index (χ2n) is 4.28. The first-order chi connectivity index (χ1) is 8.67. The van der Waals surface area contributed by atoms with Gasteiger partial charge in [-0.25, -0.2) is 9.18 Å². The van der Waals surface area contributed by atoms with Crippen LogP contribution in [0.25, 0.3) is 0 Å². The van der Waals surface area contributed by atoms with Crippen molar-refractivity contribution in [1.82, 2.24) is 5.32 Å². The predicted octanol–water partition coefficient (Wildman–Crippen LogP) is 1.88. The van der Waals surface area contributed by atoms with E-state index in [0.29, 0.717) is 12.1 Å². The Morgan fingerprint density at radius 1 is 1.44 bits per heavy atom. The molecule has 0 heterocycles. The Hall–Kier alpha value is -1.88. The summed E-state index contributed by atoms with van der Waals surface area (Å²) in [5, 5.41) is 14.3. The average molecular weight is 250 g/mol. The zero-order valence-electron chi connectivity index (χ0n) is 9.77. The molecule has 0 aromatic heterocycles. The van der Waals surface area contributed by atoms with E-state index in [4.69, 9.17) is 5.11 Å². The first-order valence-electron chi connectivity index (χ1n) is 5.79. The fourth-order valence-corrected chi connectivity index (χ4v) is 1.92. The van der Waals surface area contributed by atoms with E-state index >= 15 is 0 Å². The first-order valence-corrected chi connectivity index (χ1v) is 5.79. The van der Waals surface area contributed by atoms with Crippen molar-refractivity contribution in [1.29, 1.82) is 0 Å². The second-order valence-corrected chi connectivity index (χ2v) is 4.28. The molecule has 0 spiro atoms. The quantitative estimate of drug-likeness (QED) is 0.717. The van der Waals surface area contributed by atoms with Gasteiger partial charge in [-0.1, -0.05) is 18.2 Å². The largest absolute Gasteiger partial charge is 0.396 e. The highest BCUT2D eigenvalue weighted by Gasteiger charge is 2.19. The van der Waals surface area contributed by atoms with Gasteiger partial charge in [0, 0.05) is 24.3 Å². The lowest BCUT2D eigenvalue weighted by molar-refractivity contribution is 0.238. The van der Waals surface area contributed by atoms with Crippen molar-refractivity contribution in [2.24, 2.45) is 5.92 Å². The Morgan fingerprint density at radius 3 is 2.94 bits per heavy atom. The molecule has 1 aliphatic rings. The van der Waals surface area contributed by atoms with Crippen LogP contribution in [0.4, 0.5) is 14.9 Å².